The number of benzene rings is 1. The highest BCUT2D eigenvalue weighted by molar-refractivity contribution is 5.78. The molecule has 0 amide bonds. The van der Waals surface area contributed by atoms with Gasteiger partial charge in [-0.3, -0.25) is 4.79 Å². The molecule has 0 bridgehead atoms. The predicted octanol–water partition coefficient (Wildman–Crippen LogP) is 1.69. The molecular formula is C15H23NO3. The van der Waals surface area contributed by atoms with Crippen molar-refractivity contribution in [1.29, 1.82) is 0 Å². The van der Waals surface area contributed by atoms with Gasteiger partial charge in [-0.15, -0.1) is 0 Å². The minimum Gasteiger partial charge on any atom is -0.469 e. The van der Waals surface area contributed by atoms with Gasteiger partial charge in [-0.05, 0) is 25.8 Å². The average molecular weight is 265 g/mol. The largest absolute Gasteiger partial charge is 0.469 e. The van der Waals surface area contributed by atoms with E-state index in [0.29, 0.717) is 13.0 Å². The lowest BCUT2D eigenvalue weighted by Crippen LogP contribution is -2.43. The van der Waals surface area contributed by atoms with Crippen LogP contribution in [0.25, 0.3) is 0 Å². The van der Waals surface area contributed by atoms with Crippen molar-refractivity contribution in [2.75, 3.05) is 20.3 Å². The quantitative estimate of drug-likeness (QED) is 0.737. The Labute approximate surface area is 114 Å². The van der Waals surface area contributed by atoms with E-state index in [9.17, 15) is 4.79 Å². The summed E-state index contributed by atoms with van der Waals surface area (Å²) in [5.41, 5.74) is 0.720. The van der Waals surface area contributed by atoms with Gasteiger partial charge in [0.05, 0.1) is 13.0 Å². The van der Waals surface area contributed by atoms with Crippen LogP contribution in [0.2, 0.25) is 0 Å². The fourth-order valence-corrected chi connectivity index (χ4v) is 1.91. The highest BCUT2D eigenvalue weighted by Gasteiger charge is 2.24. The summed E-state index contributed by atoms with van der Waals surface area (Å²) in [5.74, 6) is -0.581. The minimum absolute atomic E-state index is 0.119. The molecule has 1 rings (SSSR count). The molecule has 0 aliphatic rings. The summed E-state index contributed by atoms with van der Waals surface area (Å²) in [7, 11) is 1.40. The number of hydrogen-bond donors (Lipinski definition) is 2. The molecule has 0 aliphatic carbocycles. The molecule has 1 atom stereocenters. The summed E-state index contributed by atoms with van der Waals surface area (Å²) in [6.07, 6.45) is 0.635. The molecule has 106 valence electrons. The zero-order valence-corrected chi connectivity index (χ0v) is 11.8. The van der Waals surface area contributed by atoms with Crippen LogP contribution in [-0.4, -0.2) is 36.9 Å². The van der Waals surface area contributed by atoms with Crippen LogP contribution in [0.1, 0.15) is 31.7 Å². The number of methoxy groups -OCH3 is 1. The first-order valence-electron chi connectivity index (χ1n) is 6.49. The van der Waals surface area contributed by atoms with Gasteiger partial charge in [-0.25, -0.2) is 0 Å². The molecule has 0 saturated heterocycles. The van der Waals surface area contributed by atoms with Crippen molar-refractivity contribution < 1.29 is 14.6 Å². The summed E-state index contributed by atoms with van der Waals surface area (Å²) < 4.78 is 4.86. The lowest BCUT2D eigenvalue weighted by molar-refractivity contribution is -0.142. The lowest BCUT2D eigenvalue weighted by atomic mass is 9.96. The number of carbonyl (C=O) groups is 1. The Morgan fingerprint density at radius 1 is 1.37 bits per heavy atom. The van der Waals surface area contributed by atoms with Gasteiger partial charge in [0, 0.05) is 18.7 Å². The highest BCUT2D eigenvalue weighted by Crippen LogP contribution is 2.18. The molecule has 0 fully saturated rings. The molecule has 2 N–H and O–H groups in total. The first kappa shape index (κ1) is 15.7. The van der Waals surface area contributed by atoms with Crippen LogP contribution in [0.4, 0.5) is 0 Å². The van der Waals surface area contributed by atoms with Gasteiger partial charge < -0.3 is 15.2 Å². The maximum absolute atomic E-state index is 11.9. The maximum Gasteiger partial charge on any atom is 0.314 e. The third-order valence-corrected chi connectivity index (χ3v) is 3.21. The topological polar surface area (TPSA) is 58.6 Å². The smallest absolute Gasteiger partial charge is 0.314 e. The van der Waals surface area contributed by atoms with Crippen molar-refractivity contribution in [2.24, 2.45) is 0 Å². The fraction of sp³-hybridized carbons (Fsp3) is 0.533. The monoisotopic (exact) mass is 265 g/mol. The first-order chi connectivity index (χ1) is 9.00. The third kappa shape index (κ3) is 5.01. The zero-order chi connectivity index (χ0) is 14.3. The van der Waals surface area contributed by atoms with Gasteiger partial charge in [0.1, 0.15) is 0 Å². The molecule has 0 radical (unpaired) electrons. The van der Waals surface area contributed by atoms with E-state index in [0.717, 1.165) is 5.56 Å². The number of ether oxygens (including phenoxy) is 1. The van der Waals surface area contributed by atoms with E-state index in [1.165, 1.54) is 7.11 Å². The molecule has 0 saturated carbocycles. The van der Waals surface area contributed by atoms with Crippen molar-refractivity contribution >= 4 is 5.97 Å². The maximum atomic E-state index is 11.9. The second kappa shape index (κ2) is 7.26. The van der Waals surface area contributed by atoms with Crippen LogP contribution >= 0.6 is 0 Å². The highest BCUT2D eigenvalue weighted by atomic mass is 16.5. The van der Waals surface area contributed by atoms with Gasteiger partial charge in [0.15, 0.2) is 0 Å². The van der Waals surface area contributed by atoms with Gasteiger partial charge in [0.2, 0.25) is 0 Å². The van der Waals surface area contributed by atoms with E-state index in [1.807, 2.05) is 44.2 Å². The van der Waals surface area contributed by atoms with Crippen molar-refractivity contribution in [3.05, 3.63) is 35.9 Å². The molecule has 19 heavy (non-hydrogen) atoms. The molecule has 1 unspecified atom stereocenters. The Morgan fingerprint density at radius 3 is 2.53 bits per heavy atom. The second-order valence-electron chi connectivity index (χ2n) is 5.22. The third-order valence-electron chi connectivity index (χ3n) is 3.21. The number of aliphatic hydroxyl groups is 1. The average Bonchev–Trinajstić information content (AvgIpc) is 2.39. The van der Waals surface area contributed by atoms with Crippen molar-refractivity contribution in [1.82, 2.24) is 5.32 Å². The number of carbonyl (C=O) groups excluding carboxylic acids is 1. The molecule has 4 heteroatoms. The molecule has 4 nitrogen and oxygen atoms in total. The van der Waals surface area contributed by atoms with E-state index in [-0.39, 0.29) is 24.0 Å². The van der Waals surface area contributed by atoms with Crippen LogP contribution in [0.3, 0.4) is 0 Å². The number of nitrogens with one attached hydrogen (secondary N) is 1. The Balaban J connectivity index is 2.75. The van der Waals surface area contributed by atoms with Crippen LogP contribution in [0, 0.1) is 0 Å². The van der Waals surface area contributed by atoms with Crippen molar-refractivity contribution in [3.8, 4) is 0 Å². The molecule has 0 heterocycles. The lowest BCUT2D eigenvalue weighted by Gasteiger charge is -2.28. The van der Waals surface area contributed by atoms with Gasteiger partial charge >= 0.3 is 5.97 Å². The van der Waals surface area contributed by atoms with Crippen LogP contribution in [-0.2, 0) is 9.53 Å². The van der Waals surface area contributed by atoms with E-state index in [4.69, 9.17) is 9.84 Å². The SMILES string of the molecule is COC(=O)C(CNC(C)(C)CCO)c1ccccc1. The molecule has 1 aromatic carbocycles. The van der Waals surface area contributed by atoms with Gasteiger partial charge in [-0.1, -0.05) is 30.3 Å². The number of hydrogen-bond acceptors (Lipinski definition) is 4. The second-order valence-corrected chi connectivity index (χ2v) is 5.22. The number of rotatable bonds is 7. The Bertz CT molecular complexity index is 390. The van der Waals surface area contributed by atoms with Crippen LogP contribution in [0.5, 0.6) is 0 Å². The van der Waals surface area contributed by atoms with Crippen molar-refractivity contribution in [2.45, 2.75) is 31.7 Å². The molecule has 0 spiro atoms. The van der Waals surface area contributed by atoms with E-state index >= 15 is 0 Å². The summed E-state index contributed by atoms with van der Waals surface area (Å²) in [6.45, 7) is 4.61. The normalized spacial score (nSPS) is 13.1. The van der Waals surface area contributed by atoms with Crippen molar-refractivity contribution in [3.63, 3.8) is 0 Å². The summed E-state index contributed by atoms with van der Waals surface area (Å²) in [4.78, 5) is 11.9. The first-order valence-corrected chi connectivity index (χ1v) is 6.49. The number of esters is 1. The Hall–Kier alpha value is -1.39. The Kier molecular flexibility index (Phi) is 5.99. The van der Waals surface area contributed by atoms with Crippen LogP contribution in [0.15, 0.2) is 30.3 Å². The fourth-order valence-electron chi connectivity index (χ4n) is 1.91. The Morgan fingerprint density at radius 2 is 2.00 bits per heavy atom. The number of aliphatic hydroxyl groups excluding tert-OH is 1. The molecule has 0 aromatic heterocycles. The van der Waals surface area contributed by atoms with Crippen LogP contribution < -0.4 is 5.32 Å². The summed E-state index contributed by atoms with van der Waals surface area (Å²) in [5, 5.41) is 12.3. The summed E-state index contributed by atoms with van der Waals surface area (Å²) >= 11 is 0. The molecule has 0 aliphatic heterocycles. The van der Waals surface area contributed by atoms with Gasteiger partial charge in [-0.2, -0.15) is 0 Å². The minimum atomic E-state index is -0.329. The van der Waals surface area contributed by atoms with E-state index in [1.54, 1.807) is 0 Å². The van der Waals surface area contributed by atoms with E-state index in [2.05, 4.69) is 5.32 Å². The summed E-state index contributed by atoms with van der Waals surface area (Å²) in [6, 6.07) is 9.57. The molecular weight excluding hydrogens is 242 g/mol. The predicted molar refractivity (Wildman–Crippen MR) is 75.0 cm³/mol. The standard InChI is InChI=1S/C15H23NO3/c1-15(2,9-10-17)16-11-13(14(18)19-3)12-7-5-4-6-8-12/h4-8,13,16-17H,9-11H2,1-3H3. The zero-order valence-electron chi connectivity index (χ0n) is 11.8. The van der Waals surface area contributed by atoms with E-state index < -0.39 is 0 Å². The van der Waals surface area contributed by atoms with Gasteiger partial charge in [0.25, 0.3) is 0 Å². The molecule has 1 aromatic rings.